The van der Waals surface area contributed by atoms with E-state index in [0.29, 0.717) is 35.7 Å². The molecule has 4 aromatic heterocycles. The van der Waals surface area contributed by atoms with E-state index in [4.69, 9.17) is 0 Å². The highest BCUT2D eigenvalue weighted by Gasteiger charge is 2.33. The van der Waals surface area contributed by atoms with Gasteiger partial charge in [-0.1, -0.05) is 6.42 Å². The van der Waals surface area contributed by atoms with Crippen molar-refractivity contribution in [1.82, 2.24) is 39.6 Å². The molecule has 1 saturated heterocycles. The number of nitrogens with one attached hydrogen (secondary N) is 2. The Kier molecular flexibility index (Phi) is 7.40. The second-order valence-corrected chi connectivity index (χ2v) is 10.2. The van der Waals surface area contributed by atoms with Crippen molar-refractivity contribution in [3.63, 3.8) is 0 Å². The molecule has 39 heavy (non-hydrogen) atoms. The highest BCUT2D eigenvalue weighted by Crippen LogP contribution is 2.27. The summed E-state index contributed by atoms with van der Waals surface area (Å²) in [5, 5.41) is 28.0. The number of aliphatic hydroxyl groups is 1. The maximum Gasteiger partial charge on any atom is 0.294 e. The van der Waals surface area contributed by atoms with E-state index < -0.39 is 5.91 Å². The lowest BCUT2D eigenvalue weighted by Crippen LogP contribution is -2.54. The molecule has 1 aliphatic heterocycles. The van der Waals surface area contributed by atoms with Gasteiger partial charge >= 0.3 is 0 Å². The molecule has 5 rings (SSSR count). The zero-order valence-electron chi connectivity index (χ0n) is 22.4. The first-order valence-electron chi connectivity index (χ1n) is 13.0. The fraction of sp³-hybridized carbons (Fsp3) is 0.407. The normalized spacial score (nSPS) is 17.8. The summed E-state index contributed by atoms with van der Waals surface area (Å²) in [7, 11) is 1.85. The summed E-state index contributed by atoms with van der Waals surface area (Å²) in [5.74, 6) is -0.630. The molecule has 12 heteroatoms. The summed E-state index contributed by atoms with van der Waals surface area (Å²) < 4.78 is 3.32. The average molecular weight is 532 g/mol. The molecule has 4 aromatic rings. The molecule has 12 nitrogen and oxygen atoms in total. The predicted molar refractivity (Wildman–Crippen MR) is 145 cm³/mol. The third-order valence-corrected chi connectivity index (χ3v) is 7.41. The molecule has 1 atom stereocenters. The van der Waals surface area contributed by atoms with Crippen molar-refractivity contribution in [3.05, 3.63) is 60.1 Å². The Bertz CT molecular complexity index is 1510. The minimum absolute atomic E-state index is 0.0961. The van der Waals surface area contributed by atoms with E-state index >= 15 is 0 Å². The lowest BCUT2D eigenvalue weighted by molar-refractivity contribution is 0.0133. The van der Waals surface area contributed by atoms with Gasteiger partial charge in [-0.2, -0.15) is 5.10 Å². The van der Waals surface area contributed by atoms with Crippen LogP contribution >= 0.6 is 0 Å². The quantitative estimate of drug-likeness (QED) is 0.314. The number of pyridine rings is 2. The van der Waals surface area contributed by atoms with Gasteiger partial charge in [0.25, 0.3) is 11.8 Å². The molecule has 0 aliphatic carbocycles. The van der Waals surface area contributed by atoms with E-state index in [2.05, 4.69) is 42.7 Å². The van der Waals surface area contributed by atoms with Crippen molar-refractivity contribution < 1.29 is 14.7 Å². The Balaban J connectivity index is 1.25. The molecule has 1 aliphatic rings. The first-order valence-corrected chi connectivity index (χ1v) is 13.0. The summed E-state index contributed by atoms with van der Waals surface area (Å²) in [6.07, 6.45) is 10.0. The van der Waals surface area contributed by atoms with E-state index in [9.17, 15) is 14.7 Å². The number of carbonyl (C=O) groups excluding carboxylic acids is 2. The average Bonchev–Trinajstić information content (AvgIpc) is 3.56. The van der Waals surface area contributed by atoms with Crippen molar-refractivity contribution in [3.8, 4) is 11.1 Å². The van der Waals surface area contributed by atoms with Crippen LogP contribution in [-0.2, 0) is 7.05 Å². The molecule has 3 N–H and O–H groups in total. The van der Waals surface area contributed by atoms with Crippen molar-refractivity contribution in [2.45, 2.75) is 38.6 Å². The SMILES string of the molecule is Cc1ncc(C(=O)NCCN2CCCCC2(C)CO)cc1NC(=O)c1nnc2cc(-c3cnn(C)c3)ccn12. The Labute approximate surface area is 226 Å². The fourth-order valence-electron chi connectivity index (χ4n) is 4.96. The highest BCUT2D eigenvalue weighted by atomic mass is 16.3. The predicted octanol–water partition coefficient (Wildman–Crippen LogP) is 2.05. The van der Waals surface area contributed by atoms with Gasteiger partial charge in [0, 0.05) is 49.8 Å². The Morgan fingerprint density at radius 2 is 1.97 bits per heavy atom. The maximum absolute atomic E-state index is 13.1. The molecule has 0 bridgehead atoms. The van der Waals surface area contributed by atoms with Crippen LogP contribution in [0.2, 0.25) is 0 Å². The van der Waals surface area contributed by atoms with Crippen LogP contribution in [0.1, 0.15) is 52.9 Å². The zero-order chi connectivity index (χ0) is 27.6. The summed E-state index contributed by atoms with van der Waals surface area (Å²) in [4.78, 5) is 32.5. The van der Waals surface area contributed by atoms with Gasteiger partial charge in [0.05, 0.1) is 29.7 Å². The second kappa shape index (κ2) is 10.9. The third kappa shape index (κ3) is 5.52. The van der Waals surface area contributed by atoms with Gasteiger partial charge in [0.2, 0.25) is 5.82 Å². The van der Waals surface area contributed by atoms with E-state index in [1.54, 1.807) is 34.5 Å². The number of hydrogen-bond donors (Lipinski definition) is 3. The number of nitrogens with zero attached hydrogens (tertiary/aromatic N) is 7. The number of rotatable bonds is 8. The number of fused-ring (bicyclic) bond motifs is 1. The van der Waals surface area contributed by atoms with Gasteiger partial charge in [0.1, 0.15) is 0 Å². The van der Waals surface area contributed by atoms with Crippen LogP contribution in [0.5, 0.6) is 0 Å². The fourth-order valence-corrected chi connectivity index (χ4v) is 4.96. The first kappa shape index (κ1) is 26.4. The number of aromatic nitrogens is 6. The van der Waals surface area contributed by atoms with Gasteiger partial charge < -0.3 is 15.7 Å². The topological polar surface area (TPSA) is 143 Å². The number of hydrogen-bond acceptors (Lipinski definition) is 8. The third-order valence-electron chi connectivity index (χ3n) is 7.41. The van der Waals surface area contributed by atoms with E-state index in [1.165, 1.54) is 6.20 Å². The molecule has 0 spiro atoms. The van der Waals surface area contributed by atoms with E-state index in [-0.39, 0.29) is 23.9 Å². The van der Waals surface area contributed by atoms with Crippen LogP contribution in [0, 0.1) is 6.92 Å². The Hall–Kier alpha value is -4.16. The van der Waals surface area contributed by atoms with Crippen LogP contribution < -0.4 is 10.6 Å². The lowest BCUT2D eigenvalue weighted by Gasteiger charge is -2.43. The number of aryl methyl sites for hydroxylation is 2. The number of aliphatic hydroxyl groups excluding tert-OH is 1. The summed E-state index contributed by atoms with van der Waals surface area (Å²) in [5.41, 5.74) is 3.44. The minimum atomic E-state index is -0.465. The van der Waals surface area contributed by atoms with Crippen LogP contribution in [0.15, 0.2) is 43.0 Å². The second-order valence-electron chi connectivity index (χ2n) is 10.2. The smallest absolute Gasteiger partial charge is 0.294 e. The molecule has 0 radical (unpaired) electrons. The van der Waals surface area contributed by atoms with Crippen LogP contribution in [0.25, 0.3) is 16.8 Å². The number of carbonyl (C=O) groups is 2. The number of likely N-dealkylation sites (tertiary alicyclic amines) is 1. The van der Waals surface area contributed by atoms with Gasteiger partial charge in [-0.15, -0.1) is 10.2 Å². The molecule has 204 valence electrons. The molecular formula is C27H33N9O3. The van der Waals surface area contributed by atoms with Crippen molar-refractivity contribution >= 4 is 23.1 Å². The number of anilines is 1. The minimum Gasteiger partial charge on any atom is -0.394 e. The Morgan fingerprint density at radius 1 is 1.13 bits per heavy atom. The number of amides is 2. The molecule has 1 unspecified atom stereocenters. The van der Waals surface area contributed by atoms with Gasteiger partial charge in [-0.25, -0.2) is 0 Å². The van der Waals surface area contributed by atoms with Crippen LogP contribution in [0.3, 0.4) is 0 Å². The highest BCUT2D eigenvalue weighted by molar-refractivity contribution is 6.03. The monoisotopic (exact) mass is 531 g/mol. The standard InChI is InChI=1S/C27H33N9O3/c1-18-22(12-20(14-29-18)25(38)28-8-11-35-9-5-4-7-27(35,2)17-37)31-26(39)24-33-32-23-13-19(6-10-36(23)24)21-15-30-34(3)16-21/h6,10,12-16,37H,4-5,7-9,11,17H2,1-3H3,(H,28,38)(H,31,39). The van der Waals surface area contributed by atoms with E-state index in [1.807, 2.05) is 25.4 Å². The molecule has 0 aromatic carbocycles. The zero-order valence-corrected chi connectivity index (χ0v) is 22.4. The molecule has 2 amide bonds. The van der Waals surface area contributed by atoms with Crippen molar-refractivity contribution in [2.24, 2.45) is 7.05 Å². The van der Waals surface area contributed by atoms with Crippen LogP contribution in [-0.4, -0.2) is 83.0 Å². The lowest BCUT2D eigenvalue weighted by atomic mass is 9.89. The molecule has 1 fully saturated rings. The Morgan fingerprint density at radius 3 is 2.74 bits per heavy atom. The molecule has 5 heterocycles. The summed E-state index contributed by atoms with van der Waals surface area (Å²) in [6.45, 7) is 5.90. The van der Waals surface area contributed by atoms with Crippen molar-refractivity contribution in [2.75, 3.05) is 31.6 Å². The largest absolute Gasteiger partial charge is 0.394 e. The van der Waals surface area contributed by atoms with Gasteiger partial charge in [-0.05, 0) is 57.0 Å². The first-order chi connectivity index (χ1) is 18.8. The van der Waals surface area contributed by atoms with Crippen molar-refractivity contribution in [1.29, 1.82) is 0 Å². The number of piperidine rings is 1. The van der Waals surface area contributed by atoms with Gasteiger partial charge in [0.15, 0.2) is 5.65 Å². The van der Waals surface area contributed by atoms with E-state index in [0.717, 1.165) is 36.9 Å². The van der Waals surface area contributed by atoms with Crippen LogP contribution in [0.4, 0.5) is 5.69 Å². The summed E-state index contributed by atoms with van der Waals surface area (Å²) >= 11 is 0. The maximum atomic E-state index is 13.1. The molecule has 0 saturated carbocycles. The summed E-state index contributed by atoms with van der Waals surface area (Å²) in [6, 6.07) is 5.32. The van der Waals surface area contributed by atoms with Gasteiger partial charge in [-0.3, -0.25) is 28.6 Å². The molecular weight excluding hydrogens is 498 g/mol.